The lowest BCUT2D eigenvalue weighted by atomic mass is 9.49. The molecule has 2 aromatic carbocycles. The van der Waals surface area contributed by atoms with E-state index in [1.807, 2.05) is 60.7 Å². The fourth-order valence-corrected chi connectivity index (χ4v) is 5.61. The molecule has 0 bridgehead atoms. The highest BCUT2D eigenvalue weighted by Gasteiger charge is 2.44. The molecule has 0 spiro atoms. The minimum atomic E-state index is -0.352. The molecule has 41 heavy (non-hydrogen) atoms. The third-order valence-electron chi connectivity index (χ3n) is 8.02. The molecule has 204 valence electrons. The Bertz CT molecular complexity index is 1700. The van der Waals surface area contributed by atoms with Gasteiger partial charge in [0.15, 0.2) is 5.82 Å². The quantitative estimate of drug-likeness (QED) is 0.296. The van der Waals surface area contributed by atoms with Crippen molar-refractivity contribution < 1.29 is 4.79 Å². The number of fused-ring (bicyclic) bond motifs is 1. The van der Waals surface area contributed by atoms with Gasteiger partial charge < -0.3 is 10.6 Å². The zero-order valence-corrected chi connectivity index (χ0v) is 23.2. The first-order valence-corrected chi connectivity index (χ1v) is 14.1. The maximum Gasteiger partial charge on any atom is 0.294 e. The summed E-state index contributed by atoms with van der Waals surface area (Å²) in [6.45, 7) is 0.649. The number of hydrogen-bond acceptors (Lipinski definition) is 6. The summed E-state index contributed by atoms with van der Waals surface area (Å²) in [5.74, 6) is 2.23. The van der Waals surface area contributed by atoms with Crippen LogP contribution in [0.3, 0.4) is 0 Å². The van der Waals surface area contributed by atoms with Gasteiger partial charge in [-0.15, -0.1) is 0 Å². The molecule has 8 nitrogen and oxygen atoms in total. The fraction of sp³-hybridized carbons (Fsp3) is 0.258. The first kappa shape index (κ1) is 26.8. The van der Waals surface area contributed by atoms with Gasteiger partial charge in [-0.2, -0.15) is 0 Å². The van der Waals surface area contributed by atoms with Crippen LogP contribution in [0.5, 0.6) is 0 Å². The minimum absolute atomic E-state index is 0.0406. The van der Waals surface area contributed by atoms with Crippen LogP contribution in [0.4, 0.5) is 5.82 Å². The number of aromatic nitrogens is 3. The lowest BCUT2D eigenvalue weighted by Gasteiger charge is -2.19. The fourth-order valence-electron chi connectivity index (χ4n) is 5.49. The van der Waals surface area contributed by atoms with E-state index in [0.717, 1.165) is 35.2 Å². The minimum Gasteiger partial charge on any atom is -0.365 e. The monoisotopic (exact) mass is 562 g/mol. The molecule has 0 radical (unpaired) electrons. The molecule has 1 aliphatic carbocycles. The number of hydrogen-bond donors (Lipinski definition) is 2. The molecule has 0 unspecified atom stereocenters. The number of halogens is 1. The zero-order chi connectivity index (χ0) is 28.4. The number of amides is 1. The lowest BCUT2D eigenvalue weighted by Crippen LogP contribution is -2.35. The Balaban J connectivity index is 1.19. The smallest absolute Gasteiger partial charge is 0.294 e. The Hall–Kier alpha value is -4.42. The molecule has 4 aromatic rings. The second-order valence-electron chi connectivity index (χ2n) is 10.9. The van der Waals surface area contributed by atoms with E-state index in [1.54, 1.807) is 12.4 Å². The van der Waals surface area contributed by atoms with Gasteiger partial charge in [-0.3, -0.25) is 19.1 Å². The van der Waals surface area contributed by atoms with Gasteiger partial charge in [0, 0.05) is 41.4 Å². The predicted octanol–water partition coefficient (Wildman–Crippen LogP) is 4.15. The number of nitriles is 1. The van der Waals surface area contributed by atoms with Gasteiger partial charge in [-0.25, -0.2) is 10.2 Å². The van der Waals surface area contributed by atoms with Crippen LogP contribution in [0.1, 0.15) is 35.2 Å². The van der Waals surface area contributed by atoms with Crippen molar-refractivity contribution in [1.82, 2.24) is 19.9 Å². The molecule has 3 heterocycles. The summed E-state index contributed by atoms with van der Waals surface area (Å²) in [5, 5.41) is 16.1. The van der Waals surface area contributed by atoms with Crippen LogP contribution in [0.25, 0.3) is 11.3 Å². The van der Waals surface area contributed by atoms with Crippen molar-refractivity contribution >= 4 is 30.0 Å². The largest absolute Gasteiger partial charge is 0.365 e. The Morgan fingerprint density at radius 2 is 1.85 bits per heavy atom. The van der Waals surface area contributed by atoms with Gasteiger partial charge in [0.2, 0.25) is 5.91 Å². The number of nitrogens with one attached hydrogen (secondary N) is 2. The molecule has 2 N–H and O–H groups in total. The van der Waals surface area contributed by atoms with Crippen molar-refractivity contribution in [1.29, 1.82) is 5.26 Å². The van der Waals surface area contributed by atoms with E-state index in [0.29, 0.717) is 29.9 Å². The molecule has 1 amide bonds. The Kier molecular flexibility index (Phi) is 7.33. The molecule has 2 aliphatic rings. The molecule has 10 heteroatoms. The van der Waals surface area contributed by atoms with Gasteiger partial charge in [-0.1, -0.05) is 60.1 Å². The average molecular weight is 563 g/mol. The van der Waals surface area contributed by atoms with Crippen molar-refractivity contribution in [3.05, 3.63) is 111 Å². The molecule has 0 saturated heterocycles. The van der Waals surface area contributed by atoms with E-state index in [2.05, 4.69) is 26.6 Å². The number of carbonyl (C=O) groups is 1. The van der Waals surface area contributed by atoms with Gasteiger partial charge in [0.05, 0.1) is 11.9 Å². The summed E-state index contributed by atoms with van der Waals surface area (Å²) in [4.78, 5) is 35.8. The Labute approximate surface area is 243 Å². The first-order chi connectivity index (χ1) is 19.9. The second kappa shape index (κ2) is 11.2. The molecule has 1 aliphatic heterocycles. The van der Waals surface area contributed by atoms with E-state index in [4.69, 9.17) is 11.6 Å². The van der Waals surface area contributed by atoms with E-state index in [9.17, 15) is 14.9 Å². The van der Waals surface area contributed by atoms with Gasteiger partial charge >= 0.3 is 0 Å². The molecule has 6 rings (SSSR count). The number of benzene rings is 2. The first-order valence-electron chi connectivity index (χ1n) is 13.7. The molecule has 1 fully saturated rings. The number of pyridine rings is 1. The van der Waals surface area contributed by atoms with E-state index >= 15 is 0 Å². The highest BCUT2D eigenvalue weighted by atomic mass is 35.5. The summed E-state index contributed by atoms with van der Waals surface area (Å²) in [6.07, 6.45) is 6.75. The normalized spacial score (nSPS) is 14.7. The van der Waals surface area contributed by atoms with Crippen LogP contribution < -0.4 is 16.2 Å². The maximum absolute atomic E-state index is 13.7. The molecule has 1 saturated carbocycles. The topological polar surface area (TPSA) is 113 Å². The molecular formula is C31H28BClN6O2. The highest BCUT2D eigenvalue weighted by Crippen LogP contribution is 2.48. The number of anilines is 1. The Morgan fingerprint density at radius 3 is 2.59 bits per heavy atom. The van der Waals surface area contributed by atoms with Crippen molar-refractivity contribution in [2.75, 3.05) is 11.9 Å². The van der Waals surface area contributed by atoms with Gasteiger partial charge in [0.25, 0.3) is 12.3 Å². The number of rotatable bonds is 9. The summed E-state index contributed by atoms with van der Waals surface area (Å²) >= 11 is 6.07. The van der Waals surface area contributed by atoms with Gasteiger partial charge in [0.1, 0.15) is 6.54 Å². The van der Waals surface area contributed by atoms with Crippen LogP contribution in [-0.2, 0) is 35.9 Å². The summed E-state index contributed by atoms with van der Waals surface area (Å²) in [6, 6.07) is 19.3. The van der Waals surface area contributed by atoms with Crippen LogP contribution in [-0.4, -0.2) is 33.7 Å². The van der Waals surface area contributed by atoms with Gasteiger partial charge in [-0.05, 0) is 59.9 Å². The standard InChI is InChI=1S/C31H28BClN6O2/c33-25-8-6-24(7-9-25)31(10-11-31)19-38-29-30(41)39(27(17-37-29)22-4-2-1-3-5-22)18-28(40)36-16-21-12-23-13-32(20-34)14-26(23)35-15-21/h1-9,12,15,17H,10-11,13-14,16,18-19H2,(H,36,40)(H,37,38). The second-order valence-corrected chi connectivity index (χ2v) is 11.3. The van der Waals surface area contributed by atoms with Crippen LogP contribution in [0, 0.1) is 11.2 Å². The molecular weight excluding hydrogens is 535 g/mol. The highest BCUT2D eigenvalue weighted by molar-refractivity contribution is 6.66. The third-order valence-corrected chi connectivity index (χ3v) is 8.28. The summed E-state index contributed by atoms with van der Waals surface area (Å²) < 4.78 is 1.47. The number of carbonyl (C=O) groups excluding carboxylic acids is 1. The average Bonchev–Trinajstić information content (AvgIpc) is 3.67. The van der Waals surface area contributed by atoms with Crippen molar-refractivity contribution in [2.45, 2.75) is 44.0 Å². The maximum atomic E-state index is 13.7. The van der Waals surface area contributed by atoms with E-state index < -0.39 is 0 Å². The molecule has 2 aromatic heterocycles. The van der Waals surface area contributed by atoms with Crippen LogP contribution in [0.2, 0.25) is 5.02 Å². The van der Waals surface area contributed by atoms with Crippen LogP contribution >= 0.6 is 11.6 Å². The van der Waals surface area contributed by atoms with E-state index in [-0.39, 0.29) is 42.5 Å². The third kappa shape index (κ3) is 5.75. The van der Waals surface area contributed by atoms with E-state index in [1.165, 1.54) is 10.1 Å². The van der Waals surface area contributed by atoms with Crippen molar-refractivity contribution in [3.8, 4) is 17.2 Å². The van der Waals surface area contributed by atoms with Crippen molar-refractivity contribution in [2.24, 2.45) is 0 Å². The Morgan fingerprint density at radius 1 is 1.07 bits per heavy atom. The SMILES string of the molecule is N#CB1Cc2cc(CNC(=O)Cn3c(-c4ccccc4)cnc(NCC4(c5ccc(Cl)cc5)CC4)c3=O)cnc2C1. The van der Waals surface area contributed by atoms with Crippen LogP contribution in [0.15, 0.2) is 77.9 Å². The molecule has 0 atom stereocenters. The zero-order valence-electron chi connectivity index (χ0n) is 22.4. The number of nitrogens with zero attached hydrogens (tertiary/aromatic N) is 4. The van der Waals surface area contributed by atoms with Crippen molar-refractivity contribution in [3.63, 3.8) is 0 Å². The summed E-state index contributed by atoms with van der Waals surface area (Å²) in [7, 11) is 0. The summed E-state index contributed by atoms with van der Waals surface area (Å²) in [5.41, 5.74) is 5.00. The predicted molar refractivity (Wildman–Crippen MR) is 160 cm³/mol. The lowest BCUT2D eigenvalue weighted by molar-refractivity contribution is -0.121.